The molecule has 0 saturated carbocycles. The molecule has 0 heterocycles. The van der Waals surface area contributed by atoms with Crippen LogP contribution in [0.5, 0.6) is 5.75 Å². The molecule has 2 aromatic rings. The van der Waals surface area contributed by atoms with Gasteiger partial charge in [-0.05, 0) is 22.9 Å². The van der Waals surface area contributed by atoms with E-state index in [1.54, 1.807) is 28.4 Å². The van der Waals surface area contributed by atoms with Crippen molar-refractivity contribution in [3.8, 4) is 5.75 Å². The minimum absolute atomic E-state index is 0.220. The second-order valence-corrected chi connectivity index (χ2v) is 7.28. The first kappa shape index (κ1) is 15.9. The van der Waals surface area contributed by atoms with Crippen molar-refractivity contribution >= 4 is 24.8 Å². The van der Waals surface area contributed by atoms with Gasteiger partial charge in [0.2, 0.25) is 0 Å². The molecule has 0 bridgehead atoms. The summed E-state index contributed by atoms with van der Waals surface area (Å²) >= 11 is 0. The largest absolute Gasteiger partial charge is 0.537 e. The van der Waals surface area contributed by atoms with Gasteiger partial charge in [-0.2, -0.15) is 0 Å². The molecule has 0 N–H and O–H groups in total. The Bertz CT molecular complexity index is 589. The highest BCUT2D eigenvalue weighted by Gasteiger charge is 2.41. The molecule has 2 rings (SSSR count). The summed E-state index contributed by atoms with van der Waals surface area (Å²) in [7, 11) is 3.54. The van der Waals surface area contributed by atoms with Crippen LogP contribution in [-0.2, 0) is 18.0 Å². The van der Waals surface area contributed by atoms with Gasteiger partial charge in [0, 0.05) is 33.6 Å². The van der Waals surface area contributed by atoms with Crippen molar-refractivity contribution in [3.63, 3.8) is 0 Å². The molecule has 0 aliphatic rings. The molecule has 0 aromatic heterocycles. The molecule has 6 heteroatoms. The van der Waals surface area contributed by atoms with Gasteiger partial charge in [0.1, 0.15) is 5.75 Å². The van der Waals surface area contributed by atoms with Crippen molar-refractivity contribution < 1.29 is 22.8 Å². The Labute approximate surface area is 125 Å². The first-order valence-electron chi connectivity index (χ1n) is 6.51. The van der Waals surface area contributed by atoms with Gasteiger partial charge < -0.3 is 22.8 Å². The minimum Gasteiger partial charge on any atom is -0.468 e. The smallest absolute Gasteiger partial charge is 0.468 e. The lowest BCUT2D eigenvalue weighted by atomic mass is 10.1. The molecule has 21 heavy (non-hydrogen) atoms. The van der Waals surface area contributed by atoms with Crippen LogP contribution in [0.3, 0.4) is 0 Å². The predicted molar refractivity (Wildman–Crippen MR) is 82.9 cm³/mol. The molecule has 0 atom stereocenters. The third-order valence-electron chi connectivity index (χ3n) is 3.33. The highest BCUT2D eigenvalue weighted by Crippen LogP contribution is 2.22. The van der Waals surface area contributed by atoms with E-state index >= 15 is 0 Å². The zero-order valence-electron chi connectivity index (χ0n) is 12.7. The Balaban J connectivity index is 2.51. The zero-order chi connectivity index (χ0) is 15.3. The van der Waals surface area contributed by atoms with Gasteiger partial charge in [-0.15, -0.1) is 0 Å². The molecule has 0 radical (unpaired) electrons. The topological polar surface area (TPSA) is 46.2 Å². The number of rotatable bonds is 7. The molecule has 114 valence electrons. The Kier molecular flexibility index (Phi) is 5.32. The predicted octanol–water partition coefficient (Wildman–Crippen LogP) is 1.91. The monoisotopic (exact) mass is 308 g/mol. The number of methoxy groups -OCH3 is 1. The van der Waals surface area contributed by atoms with Gasteiger partial charge in [0.05, 0.1) is 0 Å². The average molecular weight is 308 g/mol. The Morgan fingerprint density at radius 1 is 0.905 bits per heavy atom. The van der Waals surface area contributed by atoms with Crippen LogP contribution < -0.4 is 9.92 Å². The third kappa shape index (κ3) is 3.09. The van der Waals surface area contributed by atoms with E-state index in [-0.39, 0.29) is 6.79 Å². The second-order valence-electron chi connectivity index (χ2n) is 4.41. The summed E-state index contributed by atoms with van der Waals surface area (Å²) in [6.45, 7) is 0.220. The van der Waals surface area contributed by atoms with E-state index in [0.717, 1.165) is 21.7 Å². The summed E-state index contributed by atoms with van der Waals surface area (Å²) in [6.07, 6.45) is 0. The lowest BCUT2D eigenvalue weighted by Gasteiger charge is -2.25. The molecule has 5 nitrogen and oxygen atoms in total. The summed E-state index contributed by atoms with van der Waals surface area (Å²) in [4.78, 5) is 0. The molecule has 0 saturated heterocycles. The SMILES string of the molecule is COCOc1ccc2c([Si](OC)(OC)OC)cccc2c1. The minimum atomic E-state index is -2.87. The second kappa shape index (κ2) is 7.01. The highest BCUT2D eigenvalue weighted by atomic mass is 28.4. The van der Waals surface area contributed by atoms with Crippen molar-refractivity contribution in [2.24, 2.45) is 0 Å². The summed E-state index contributed by atoms with van der Waals surface area (Å²) < 4.78 is 27.1. The fraction of sp³-hybridized carbons (Fsp3) is 0.333. The van der Waals surface area contributed by atoms with E-state index in [1.165, 1.54) is 0 Å². The van der Waals surface area contributed by atoms with Crippen LogP contribution in [0.4, 0.5) is 0 Å². The van der Waals surface area contributed by atoms with Crippen molar-refractivity contribution in [2.75, 3.05) is 35.2 Å². The number of ether oxygens (including phenoxy) is 2. The Morgan fingerprint density at radius 2 is 1.62 bits per heavy atom. The number of hydrogen-bond acceptors (Lipinski definition) is 5. The van der Waals surface area contributed by atoms with Crippen molar-refractivity contribution in [1.82, 2.24) is 0 Å². The molecule has 0 fully saturated rings. The fourth-order valence-electron chi connectivity index (χ4n) is 2.33. The third-order valence-corrected chi connectivity index (χ3v) is 6.04. The normalized spacial score (nSPS) is 11.8. The van der Waals surface area contributed by atoms with Gasteiger partial charge in [-0.3, -0.25) is 0 Å². The molecule has 0 aliphatic carbocycles. The van der Waals surface area contributed by atoms with Gasteiger partial charge >= 0.3 is 8.80 Å². The van der Waals surface area contributed by atoms with Crippen LogP contribution in [0.1, 0.15) is 0 Å². The summed E-state index contributed by atoms with van der Waals surface area (Å²) in [6, 6.07) is 11.8. The molecule has 0 spiro atoms. The number of hydrogen-bond donors (Lipinski definition) is 0. The first-order chi connectivity index (χ1) is 10.2. The quantitative estimate of drug-likeness (QED) is 0.577. The molecular formula is C15H20O5Si. The van der Waals surface area contributed by atoms with Crippen LogP contribution in [-0.4, -0.2) is 44.0 Å². The van der Waals surface area contributed by atoms with Crippen LogP contribution >= 0.6 is 0 Å². The van der Waals surface area contributed by atoms with Gasteiger partial charge in [0.15, 0.2) is 6.79 Å². The zero-order valence-corrected chi connectivity index (χ0v) is 13.7. The molecule has 0 aliphatic heterocycles. The maximum Gasteiger partial charge on any atom is 0.537 e. The van der Waals surface area contributed by atoms with Crippen LogP contribution in [0.25, 0.3) is 10.8 Å². The summed E-state index contributed by atoms with van der Waals surface area (Å²) in [5.41, 5.74) is 0. The number of benzene rings is 2. The van der Waals surface area contributed by atoms with Crippen LogP contribution in [0.15, 0.2) is 36.4 Å². The van der Waals surface area contributed by atoms with Crippen LogP contribution in [0.2, 0.25) is 0 Å². The summed E-state index contributed by atoms with van der Waals surface area (Å²) in [5.74, 6) is 0.751. The van der Waals surface area contributed by atoms with E-state index in [1.807, 2.05) is 36.4 Å². The average Bonchev–Trinajstić information content (AvgIpc) is 2.55. The fourth-order valence-corrected chi connectivity index (χ4v) is 4.34. The molecule has 0 unspecified atom stereocenters. The van der Waals surface area contributed by atoms with E-state index in [9.17, 15) is 0 Å². The van der Waals surface area contributed by atoms with Gasteiger partial charge in [0.25, 0.3) is 0 Å². The summed E-state index contributed by atoms with van der Waals surface area (Å²) in [5, 5.41) is 2.99. The van der Waals surface area contributed by atoms with Gasteiger partial charge in [-0.1, -0.05) is 24.3 Å². The Morgan fingerprint density at radius 3 is 2.24 bits per heavy atom. The van der Waals surface area contributed by atoms with Gasteiger partial charge in [-0.25, -0.2) is 0 Å². The standard InChI is InChI=1S/C15H20O5Si/c1-16-11-20-13-8-9-14-12(10-13)6-5-7-15(14)21(17-2,18-3)19-4/h5-10H,11H2,1-4H3. The Hall–Kier alpha value is -1.44. The maximum atomic E-state index is 5.57. The number of fused-ring (bicyclic) bond motifs is 1. The highest BCUT2D eigenvalue weighted by molar-refractivity contribution is 6.77. The van der Waals surface area contributed by atoms with Crippen LogP contribution in [0, 0.1) is 0 Å². The maximum absolute atomic E-state index is 5.57. The molecule has 0 amide bonds. The van der Waals surface area contributed by atoms with E-state index in [0.29, 0.717) is 0 Å². The van der Waals surface area contributed by atoms with Crippen molar-refractivity contribution in [2.45, 2.75) is 0 Å². The first-order valence-corrected chi connectivity index (χ1v) is 8.23. The van der Waals surface area contributed by atoms with E-state index in [4.69, 9.17) is 22.8 Å². The lowest BCUT2D eigenvalue weighted by Crippen LogP contribution is -2.54. The van der Waals surface area contributed by atoms with E-state index in [2.05, 4.69) is 0 Å². The lowest BCUT2D eigenvalue weighted by molar-refractivity contribution is 0.0512. The molecule has 2 aromatic carbocycles. The van der Waals surface area contributed by atoms with E-state index < -0.39 is 8.80 Å². The van der Waals surface area contributed by atoms with Crippen molar-refractivity contribution in [3.05, 3.63) is 36.4 Å². The van der Waals surface area contributed by atoms with Crippen molar-refractivity contribution in [1.29, 1.82) is 0 Å². The molecular weight excluding hydrogens is 288 g/mol.